The van der Waals surface area contributed by atoms with E-state index in [1.165, 1.54) is 0 Å². The third-order valence-corrected chi connectivity index (χ3v) is 3.92. The summed E-state index contributed by atoms with van der Waals surface area (Å²) in [6.45, 7) is 3.94. The van der Waals surface area contributed by atoms with E-state index in [0.717, 1.165) is 11.4 Å². The van der Waals surface area contributed by atoms with Crippen LogP contribution < -0.4 is 19.5 Å². The molecule has 7 nitrogen and oxygen atoms in total. The largest absolute Gasteiger partial charge is 0.454 e. The van der Waals surface area contributed by atoms with Gasteiger partial charge in [0.2, 0.25) is 6.79 Å². The highest BCUT2D eigenvalue weighted by Gasteiger charge is 2.16. The Balaban J connectivity index is 1.43. The summed E-state index contributed by atoms with van der Waals surface area (Å²) >= 11 is 0. The van der Waals surface area contributed by atoms with Gasteiger partial charge in [0.25, 0.3) is 5.91 Å². The fraction of sp³-hybridized carbons (Fsp3) is 0.150. The molecule has 0 unspecified atom stereocenters. The number of benzene rings is 2. The number of amides is 1. The summed E-state index contributed by atoms with van der Waals surface area (Å²) in [5, 5.41) is 2.84. The van der Waals surface area contributed by atoms with Gasteiger partial charge < -0.3 is 19.5 Å². The Morgan fingerprint density at radius 1 is 0.963 bits per heavy atom. The van der Waals surface area contributed by atoms with Crippen LogP contribution in [0.3, 0.4) is 0 Å². The van der Waals surface area contributed by atoms with Crippen molar-refractivity contribution in [1.29, 1.82) is 0 Å². The molecule has 2 heterocycles. The minimum absolute atomic E-state index is 0.173. The van der Waals surface area contributed by atoms with E-state index in [1.54, 1.807) is 42.5 Å². The first-order chi connectivity index (χ1) is 13.1. The van der Waals surface area contributed by atoms with E-state index in [-0.39, 0.29) is 12.7 Å². The molecule has 0 radical (unpaired) electrons. The minimum Gasteiger partial charge on any atom is -0.454 e. The Bertz CT molecular complexity index is 982. The van der Waals surface area contributed by atoms with Crippen LogP contribution in [0.1, 0.15) is 21.7 Å². The Morgan fingerprint density at radius 2 is 1.67 bits per heavy atom. The molecule has 3 aromatic rings. The smallest absolute Gasteiger partial charge is 0.322 e. The minimum atomic E-state index is -0.236. The number of hydrogen-bond donors (Lipinski definition) is 1. The highest BCUT2D eigenvalue weighted by Crippen LogP contribution is 2.32. The molecule has 2 aromatic carbocycles. The molecule has 0 aliphatic carbocycles. The number of rotatable bonds is 4. The fourth-order valence-corrected chi connectivity index (χ4v) is 2.69. The summed E-state index contributed by atoms with van der Waals surface area (Å²) in [5.74, 6) is 1.56. The number of hydrogen-bond acceptors (Lipinski definition) is 6. The van der Waals surface area contributed by atoms with E-state index in [9.17, 15) is 4.79 Å². The van der Waals surface area contributed by atoms with E-state index < -0.39 is 0 Å². The maximum atomic E-state index is 12.4. The summed E-state index contributed by atoms with van der Waals surface area (Å²) in [6, 6.07) is 14.2. The van der Waals surface area contributed by atoms with Crippen molar-refractivity contribution in [3.05, 3.63) is 65.5 Å². The van der Waals surface area contributed by atoms with Crippen LogP contribution in [0.25, 0.3) is 0 Å². The van der Waals surface area contributed by atoms with Crippen molar-refractivity contribution in [2.45, 2.75) is 13.8 Å². The molecule has 136 valence electrons. The van der Waals surface area contributed by atoms with Gasteiger partial charge >= 0.3 is 6.01 Å². The number of ether oxygens (including phenoxy) is 3. The van der Waals surface area contributed by atoms with Gasteiger partial charge in [0, 0.05) is 22.6 Å². The quantitative estimate of drug-likeness (QED) is 0.758. The van der Waals surface area contributed by atoms with Crippen molar-refractivity contribution in [2.75, 3.05) is 12.1 Å². The van der Waals surface area contributed by atoms with Gasteiger partial charge in [-0.15, -0.1) is 0 Å². The lowest BCUT2D eigenvalue weighted by atomic mass is 10.2. The zero-order valence-corrected chi connectivity index (χ0v) is 14.9. The van der Waals surface area contributed by atoms with Gasteiger partial charge in [-0.25, -0.2) is 9.97 Å². The van der Waals surface area contributed by atoms with E-state index in [1.807, 2.05) is 19.9 Å². The number of nitrogens with one attached hydrogen (secondary N) is 1. The third-order valence-electron chi connectivity index (χ3n) is 3.92. The lowest BCUT2D eigenvalue weighted by Crippen LogP contribution is -2.11. The zero-order chi connectivity index (χ0) is 18.8. The Kier molecular flexibility index (Phi) is 4.33. The van der Waals surface area contributed by atoms with Gasteiger partial charge in [0.1, 0.15) is 5.75 Å². The molecule has 1 aromatic heterocycles. The van der Waals surface area contributed by atoms with E-state index in [4.69, 9.17) is 14.2 Å². The lowest BCUT2D eigenvalue weighted by molar-refractivity contribution is 0.102. The van der Waals surface area contributed by atoms with Gasteiger partial charge in [-0.1, -0.05) is 0 Å². The van der Waals surface area contributed by atoms with Crippen molar-refractivity contribution in [3.8, 4) is 23.3 Å². The van der Waals surface area contributed by atoms with Gasteiger partial charge in [0.15, 0.2) is 11.5 Å². The SMILES string of the molecule is Cc1cc(C)nc(Oc2ccc(NC(=O)c3ccc4c(c3)OCO4)cc2)n1. The predicted octanol–water partition coefficient (Wildman–Crippen LogP) is 3.87. The molecule has 0 saturated heterocycles. The maximum absolute atomic E-state index is 12.4. The molecular weight excluding hydrogens is 346 g/mol. The van der Waals surface area contributed by atoms with Gasteiger partial charge in [-0.2, -0.15) is 0 Å². The van der Waals surface area contributed by atoms with Crippen molar-refractivity contribution < 1.29 is 19.0 Å². The molecule has 1 aliphatic rings. The molecular formula is C20H17N3O4. The summed E-state index contributed by atoms with van der Waals surface area (Å²) in [7, 11) is 0. The van der Waals surface area contributed by atoms with Crippen LogP contribution in [0.15, 0.2) is 48.5 Å². The number of anilines is 1. The molecule has 1 aliphatic heterocycles. The molecule has 1 amide bonds. The second-order valence-corrected chi connectivity index (χ2v) is 6.08. The topological polar surface area (TPSA) is 82.6 Å². The van der Waals surface area contributed by atoms with Crippen LogP contribution in [-0.4, -0.2) is 22.7 Å². The van der Waals surface area contributed by atoms with Crippen LogP contribution in [0.4, 0.5) is 5.69 Å². The first-order valence-corrected chi connectivity index (χ1v) is 8.38. The number of fused-ring (bicyclic) bond motifs is 1. The van der Waals surface area contributed by atoms with Gasteiger partial charge in [-0.05, 0) is 62.4 Å². The van der Waals surface area contributed by atoms with Crippen molar-refractivity contribution in [2.24, 2.45) is 0 Å². The fourth-order valence-electron chi connectivity index (χ4n) is 2.69. The second kappa shape index (κ2) is 6.95. The number of nitrogens with zero attached hydrogens (tertiary/aromatic N) is 2. The average molecular weight is 363 g/mol. The van der Waals surface area contributed by atoms with Crippen LogP contribution >= 0.6 is 0 Å². The van der Waals surface area contributed by atoms with Crippen LogP contribution in [0, 0.1) is 13.8 Å². The predicted molar refractivity (Wildman–Crippen MR) is 98.5 cm³/mol. The maximum Gasteiger partial charge on any atom is 0.322 e. The molecule has 0 bridgehead atoms. The molecule has 4 rings (SSSR count). The highest BCUT2D eigenvalue weighted by atomic mass is 16.7. The average Bonchev–Trinajstić information content (AvgIpc) is 3.10. The molecule has 0 atom stereocenters. The van der Waals surface area contributed by atoms with E-state index >= 15 is 0 Å². The number of aromatic nitrogens is 2. The lowest BCUT2D eigenvalue weighted by Gasteiger charge is -2.08. The molecule has 0 spiro atoms. The standard InChI is InChI=1S/C20H17N3O4/c1-12-9-13(2)22-20(21-12)27-16-6-4-15(5-7-16)23-19(24)14-3-8-17-18(10-14)26-11-25-17/h3-10H,11H2,1-2H3,(H,23,24). The number of aryl methyl sites for hydroxylation is 2. The second-order valence-electron chi connectivity index (χ2n) is 6.08. The summed E-state index contributed by atoms with van der Waals surface area (Å²) in [6.07, 6.45) is 0. The highest BCUT2D eigenvalue weighted by molar-refractivity contribution is 6.04. The normalized spacial score (nSPS) is 11.9. The van der Waals surface area contributed by atoms with E-state index in [2.05, 4.69) is 15.3 Å². The monoisotopic (exact) mass is 363 g/mol. The molecule has 7 heteroatoms. The Labute approximate surface area is 155 Å². The first kappa shape index (κ1) is 16.8. The van der Waals surface area contributed by atoms with Crippen molar-refractivity contribution in [1.82, 2.24) is 9.97 Å². The third kappa shape index (κ3) is 3.82. The van der Waals surface area contributed by atoms with Crippen LogP contribution in [0.2, 0.25) is 0 Å². The van der Waals surface area contributed by atoms with E-state index in [0.29, 0.717) is 34.5 Å². The Hall–Kier alpha value is -3.61. The molecule has 1 N–H and O–H groups in total. The van der Waals surface area contributed by atoms with Crippen molar-refractivity contribution >= 4 is 11.6 Å². The van der Waals surface area contributed by atoms with Gasteiger partial charge in [-0.3, -0.25) is 4.79 Å². The Morgan fingerprint density at radius 3 is 2.41 bits per heavy atom. The first-order valence-electron chi connectivity index (χ1n) is 8.38. The summed E-state index contributed by atoms with van der Waals surface area (Å²) < 4.78 is 16.2. The molecule has 27 heavy (non-hydrogen) atoms. The number of carbonyl (C=O) groups excluding carboxylic acids is 1. The van der Waals surface area contributed by atoms with Gasteiger partial charge in [0.05, 0.1) is 0 Å². The van der Waals surface area contributed by atoms with Crippen LogP contribution in [-0.2, 0) is 0 Å². The summed E-state index contributed by atoms with van der Waals surface area (Å²) in [4.78, 5) is 20.9. The zero-order valence-electron chi connectivity index (χ0n) is 14.9. The molecule has 0 fully saturated rings. The molecule has 0 saturated carbocycles. The number of carbonyl (C=O) groups is 1. The summed E-state index contributed by atoms with van der Waals surface area (Å²) in [5.41, 5.74) is 2.81. The van der Waals surface area contributed by atoms with Crippen molar-refractivity contribution in [3.63, 3.8) is 0 Å². The van der Waals surface area contributed by atoms with Crippen LogP contribution in [0.5, 0.6) is 23.3 Å².